The van der Waals surface area contributed by atoms with E-state index in [0.29, 0.717) is 19.5 Å². The van der Waals surface area contributed by atoms with Gasteiger partial charge in [-0.3, -0.25) is 4.79 Å². The molecule has 1 amide bonds. The van der Waals surface area contributed by atoms with E-state index in [4.69, 9.17) is 5.11 Å². The minimum absolute atomic E-state index is 0.00600. The molecule has 0 unspecified atom stereocenters. The van der Waals surface area contributed by atoms with E-state index in [9.17, 15) is 4.79 Å². The summed E-state index contributed by atoms with van der Waals surface area (Å²) in [6.45, 7) is 6.90. The van der Waals surface area contributed by atoms with Gasteiger partial charge in [0.25, 0.3) is 0 Å². The van der Waals surface area contributed by atoms with E-state index in [-0.39, 0.29) is 18.1 Å². The lowest BCUT2D eigenvalue weighted by Gasteiger charge is -2.24. The molecular weight excluding hydrogens is 168 g/mol. The van der Waals surface area contributed by atoms with Gasteiger partial charge in [0, 0.05) is 18.7 Å². The number of amides is 1. The van der Waals surface area contributed by atoms with E-state index < -0.39 is 0 Å². The number of carbonyl (C=O) groups excluding carboxylic acids is 1. The van der Waals surface area contributed by atoms with Crippen molar-refractivity contribution in [2.75, 3.05) is 19.7 Å². The standard InChI is InChI=1S/C9H20N2O2/c1-4-10-8(13)7-11-9(2,3)5-6-12/h11-12H,4-7H2,1-3H3,(H,10,13). The van der Waals surface area contributed by atoms with Gasteiger partial charge in [-0.1, -0.05) is 0 Å². The Labute approximate surface area is 79.7 Å². The molecule has 3 N–H and O–H groups in total. The Morgan fingerprint density at radius 1 is 1.46 bits per heavy atom. The molecule has 0 aromatic rings. The van der Waals surface area contributed by atoms with Gasteiger partial charge in [-0.15, -0.1) is 0 Å². The maximum atomic E-state index is 11.1. The number of rotatable bonds is 6. The Balaban J connectivity index is 3.67. The Morgan fingerprint density at radius 3 is 2.54 bits per heavy atom. The molecule has 0 aromatic carbocycles. The molecular formula is C9H20N2O2. The zero-order chi connectivity index (χ0) is 10.3. The first-order valence-electron chi connectivity index (χ1n) is 4.64. The van der Waals surface area contributed by atoms with Crippen molar-refractivity contribution in [1.29, 1.82) is 0 Å². The Bertz CT molecular complexity index is 158. The smallest absolute Gasteiger partial charge is 0.233 e. The van der Waals surface area contributed by atoms with Gasteiger partial charge in [0.15, 0.2) is 0 Å². The summed E-state index contributed by atoms with van der Waals surface area (Å²) < 4.78 is 0. The van der Waals surface area contributed by atoms with Crippen LogP contribution in [0, 0.1) is 0 Å². The Kier molecular flexibility index (Phi) is 5.66. The molecule has 0 spiro atoms. The van der Waals surface area contributed by atoms with Crippen LogP contribution in [0.2, 0.25) is 0 Å². The number of likely N-dealkylation sites (N-methyl/N-ethyl adjacent to an activating group) is 1. The minimum atomic E-state index is -0.181. The zero-order valence-electron chi connectivity index (χ0n) is 8.68. The third-order valence-electron chi connectivity index (χ3n) is 1.84. The number of carbonyl (C=O) groups is 1. The van der Waals surface area contributed by atoms with E-state index in [1.807, 2.05) is 20.8 Å². The van der Waals surface area contributed by atoms with Crippen molar-refractivity contribution < 1.29 is 9.90 Å². The lowest BCUT2D eigenvalue weighted by Crippen LogP contribution is -2.45. The van der Waals surface area contributed by atoms with Crippen molar-refractivity contribution in [3.05, 3.63) is 0 Å². The molecule has 0 radical (unpaired) electrons. The van der Waals surface area contributed by atoms with Gasteiger partial charge < -0.3 is 15.7 Å². The summed E-state index contributed by atoms with van der Waals surface area (Å²) in [6, 6.07) is 0. The zero-order valence-corrected chi connectivity index (χ0v) is 8.68. The van der Waals surface area contributed by atoms with Gasteiger partial charge in [0.05, 0.1) is 6.54 Å². The fraction of sp³-hybridized carbons (Fsp3) is 0.889. The normalized spacial score (nSPS) is 11.4. The summed E-state index contributed by atoms with van der Waals surface area (Å²) in [5, 5.41) is 14.5. The quantitative estimate of drug-likeness (QED) is 0.544. The van der Waals surface area contributed by atoms with Crippen LogP contribution in [0.1, 0.15) is 27.2 Å². The molecule has 0 atom stereocenters. The summed E-state index contributed by atoms with van der Waals surface area (Å²) in [6.07, 6.45) is 0.645. The van der Waals surface area contributed by atoms with E-state index in [1.165, 1.54) is 0 Å². The summed E-state index contributed by atoms with van der Waals surface area (Å²) in [4.78, 5) is 11.1. The van der Waals surface area contributed by atoms with Crippen molar-refractivity contribution >= 4 is 5.91 Å². The average Bonchev–Trinajstić information content (AvgIpc) is 2.02. The number of hydrogen-bond acceptors (Lipinski definition) is 3. The number of aliphatic hydroxyl groups excluding tert-OH is 1. The molecule has 78 valence electrons. The molecule has 4 nitrogen and oxygen atoms in total. The van der Waals surface area contributed by atoms with Crippen LogP contribution in [0.25, 0.3) is 0 Å². The average molecular weight is 188 g/mol. The third-order valence-corrected chi connectivity index (χ3v) is 1.84. The van der Waals surface area contributed by atoms with Gasteiger partial charge in [0.2, 0.25) is 5.91 Å². The topological polar surface area (TPSA) is 61.4 Å². The van der Waals surface area contributed by atoms with E-state index in [0.717, 1.165) is 0 Å². The largest absolute Gasteiger partial charge is 0.396 e. The Morgan fingerprint density at radius 2 is 2.08 bits per heavy atom. The van der Waals surface area contributed by atoms with Gasteiger partial charge in [-0.25, -0.2) is 0 Å². The lowest BCUT2D eigenvalue weighted by atomic mass is 10.0. The molecule has 0 aliphatic heterocycles. The number of nitrogens with one attached hydrogen (secondary N) is 2. The number of hydrogen-bond donors (Lipinski definition) is 3. The van der Waals surface area contributed by atoms with Gasteiger partial charge in [-0.05, 0) is 27.2 Å². The molecule has 0 fully saturated rings. The highest BCUT2D eigenvalue weighted by Crippen LogP contribution is 2.05. The van der Waals surface area contributed by atoms with Crippen LogP contribution < -0.4 is 10.6 Å². The van der Waals surface area contributed by atoms with Crippen LogP contribution in [-0.2, 0) is 4.79 Å². The van der Waals surface area contributed by atoms with Crippen molar-refractivity contribution in [2.45, 2.75) is 32.7 Å². The van der Waals surface area contributed by atoms with E-state index >= 15 is 0 Å². The molecule has 0 saturated carbocycles. The monoisotopic (exact) mass is 188 g/mol. The summed E-state index contributed by atoms with van der Waals surface area (Å²) in [5.41, 5.74) is -0.181. The maximum absolute atomic E-state index is 11.1. The fourth-order valence-electron chi connectivity index (χ4n) is 0.947. The lowest BCUT2D eigenvalue weighted by molar-refractivity contribution is -0.120. The van der Waals surface area contributed by atoms with Crippen LogP contribution in [0.5, 0.6) is 0 Å². The molecule has 0 bridgehead atoms. The molecule has 0 aliphatic carbocycles. The highest BCUT2D eigenvalue weighted by molar-refractivity contribution is 5.77. The van der Waals surface area contributed by atoms with E-state index in [1.54, 1.807) is 0 Å². The van der Waals surface area contributed by atoms with Crippen molar-refractivity contribution in [1.82, 2.24) is 10.6 Å². The van der Waals surface area contributed by atoms with Crippen LogP contribution in [0.15, 0.2) is 0 Å². The summed E-state index contributed by atoms with van der Waals surface area (Å²) >= 11 is 0. The second kappa shape index (κ2) is 5.94. The molecule has 0 rings (SSSR count). The SMILES string of the molecule is CCNC(=O)CNC(C)(C)CCO. The molecule has 13 heavy (non-hydrogen) atoms. The van der Waals surface area contributed by atoms with Crippen molar-refractivity contribution in [3.63, 3.8) is 0 Å². The predicted molar refractivity (Wildman–Crippen MR) is 52.5 cm³/mol. The summed E-state index contributed by atoms with van der Waals surface area (Å²) in [7, 11) is 0. The van der Waals surface area contributed by atoms with Crippen molar-refractivity contribution in [3.8, 4) is 0 Å². The van der Waals surface area contributed by atoms with Crippen LogP contribution >= 0.6 is 0 Å². The van der Waals surface area contributed by atoms with E-state index in [2.05, 4.69) is 10.6 Å². The molecule has 0 aliphatic rings. The maximum Gasteiger partial charge on any atom is 0.233 e. The molecule has 4 heteroatoms. The first-order chi connectivity index (χ1) is 6.02. The highest BCUT2D eigenvalue weighted by Gasteiger charge is 2.16. The first-order valence-corrected chi connectivity index (χ1v) is 4.64. The van der Waals surface area contributed by atoms with Crippen LogP contribution in [-0.4, -0.2) is 36.2 Å². The first kappa shape index (κ1) is 12.4. The third kappa shape index (κ3) is 6.54. The second-order valence-corrected chi connectivity index (χ2v) is 3.66. The second-order valence-electron chi connectivity index (χ2n) is 3.66. The van der Waals surface area contributed by atoms with Crippen LogP contribution in [0.3, 0.4) is 0 Å². The fourth-order valence-corrected chi connectivity index (χ4v) is 0.947. The Hall–Kier alpha value is -0.610. The summed E-state index contributed by atoms with van der Waals surface area (Å²) in [5.74, 6) is -0.00600. The van der Waals surface area contributed by atoms with Crippen LogP contribution in [0.4, 0.5) is 0 Å². The van der Waals surface area contributed by atoms with Gasteiger partial charge in [-0.2, -0.15) is 0 Å². The van der Waals surface area contributed by atoms with Crippen molar-refractivity contribution in [2.24, 2.45) is 0 Å². The predicted octanol–water partition coefficient (Wildman–Crippen LogP) is -0.127. The molecule has 0 saturated heterocycles. The molecule has 0 heterocycles. The molecule has 0 aromatic heterocycles. The highest BCUT2D eigenvalue weighted by atomic mass is 16.3. The van der Waals surface area contributed by atoms with Gasteiger partial charge >= 0.3 is 0 Å². The number of aliphatic hydroxyl groups is 1. The minimum Gasteiger partial charge on any atom is -0.396 e. The van der Waals surface area contributed by atoms with Gasteiger partial charge in [0.1, 0.15) is 0 Å².